The first kappa shape index (κ1) is 29.7. The maximum absolute atomic E-state index is 9.74. The number of furan rings is 1. The standard InChI is InChI=1S/C57H36N4O/c1-5-16-37(17-6-1)41-28-31-44-45-32-29-42(38-18-7-2-8-19-38)36-52(45)61(51(44)35-41)50-33-30-43(34-49(50)48-26-15-25-47-46-24-13-14-27-53(46)62-54(47)48)57-59-55(39-20-9-3-10-21-39)58-56(60-57)40-22-11-4-12-23-40/h1-36H/i13D,15D,24D,25D,26D,27D. The molecule has 5 nitrogen and oxygen atoms in total. The molecule has 5 heteroatoms. The number of hydrogen-bond acceptors (Lipinski definition) is 4. The lowest BCUT2D eigenvalue weighted by molar-refractivity contribution is 0.670. The Morgan fingerprint density at radius 1 is 0.371 bits per heavy atom. The lowest BCUT2D eigenvalue weighted by Crippen LogP contribution is -2.02. The van der Waals surface area contributed by atoms with Crippen molar-refractivity contribution >= 4 is 43.7 Å². The van der Waals surface area contributed by atoms with Crippen molar-refractivity contribution < 1.29 is 12.6 Å². The summed E-state index contributed by atoms with van der Waals surface area (Å²) >= 11 is 0. The fourth-order valence-corrected chi connectivity index (χ4v) is 8.47. The minimum Gasteiger partial charge on any atom is -0.455 e. The van der Waals surface area contributed by atoms with Gasteiger partial charge in [-0.1, -0.05) is 182 Å². The summed E-state index contributed by atoms with van der Waals surface area (Å²) in [5.74, 6) is 1.30. The van der Waals surface area contributed by atoms with Crippen LogP contribution >= 0.6 is 0 Å². The molecule has 12 rings (SSSR count). The van der Waals surface area contributed by atoms with Gasteiger partial charge in [-0.05, 0) is 58.6 Å². The first-order valence-corrected chi connectivity index (χ1v) is 20.4. The largest absolute Gasteiger partial charge is 0.455 e. The highest BCUT2D eigenvalue weighted by atomic mass is 16.3. The van der Waals surface area contributed by atoms with E-state index in [9.17, 15) is 4.11 Å². The quantitative estimate of drug-likeness (QED) is 0.161. The summed E-state index contributed by atoms with van der Waals surface area (Å²) in [7, 11) is 0. The Balaban J connectivity index is 1.22. The van der Waals surface area contributed by atoms with Crippen LogP contribution in [0.4, 0.5) is 0 Å². The van der Waals surface area contributed by atoms with Crippen LogP contribution in [0.15, 0.2) is 223 Å². The van der Waals surface area contributed by atoms with Gasteiger partial charge in [0.15, 0.2) is 17.5 Å². The van der Waals surface area contributed by atoms with E-state index in [4.69, 9.17) is 23.5 Å². The van der Waals surface area contributed by atoms with E-state index in [0.29, 0.717) is 34.3 Å². The van der Waals surface area contributed by atoms with E-state index in [1.54, 1.807) is 0 Å². The van der Waals surface area contributed by atoms with Crippen LogP contribution in [0.25, 0.3) is 117 Å². The second-order valence-electron chi connectivity index (χ2n) is 15.1. The van der Waals surface area contributed by atoms with Gasteiger partial charge >= 0.3 is 0 Å². The zero-order valence-electron chi connectivity index (χ0n) is 39.0. The fraction of sp³-hybridized carbons (Fsp3) is 0. The lowest BCUT2D eigenvalue weighted by Gasteiger charge is -2.17. The Morgan fingerprint density at radius 3 is 1.44 bits per heavy atom. The minimum atomic E-state index is -0.384. The van der Waals surface area contributed by atoms with E-state index in [1.165, 1.54) is 6.07 Å². The molecule has 0 unspecified atom stereocenters. The highest BCUT2D eigenvalue weighted by Gasteiger charge is 2.22. The number of aromatic nitrogens is 4. The Morgan fingerprint density at radius 2 is 0.871 bits per heavy atom. The summed E-state index contributed by atoms with van der Waals surface area (Å²) in [5, 5.41) is 2.17. The molecule has 9 aromatic carbocycles. The van der Waals surface area contributed by atoms with Crippen molar-refractivity contribution in [3.05, 3.63) is 218 Å². The van der Waals surface area contributed by atoms with Crippen molar-refractivity contribution in [2.75, 3.05) is 0 Å². The molecular formula is C57H36N4O. The summed E-state index contributed by atoms with van der Waals surface area (Å²) in [6, 6.07) is 58.2. The Hall–Kier alpha value is -8.41. The van der Waals surface area contributed by atoms with Gasteiger partial charge in [0.2, 0.25) is 0 Å². The molecule has 0 radical (unpaired) electrons. The molecule has 62 heavy (non-hydrogen) atoms. The lowest BCUT2D eigenvalue weighted by atomic mass is 9.97. The molecule has 3 heterocycles. The number of fused-ring (bicyclic) bond motifs is 6. The third kappa shape index (κ3) is 6.06. The number of nitrogens with zero attached hydrogens (tertiary/aromatic N) is 4. The van der Waals surface area contributed by atoms with E-state index in [0.717, 1.165) is 55.2 Å². The highest BCUT2D eigenvalue weighted by molar-refractivity contribution is 6.13. The first-order chi connectivity index (χ1) is 33.2. The zero-order valence-corrected chi connectivity index (χ0v) is 33.0. The molecule has 0 amide bonds. The zero-order chi connectivity index (χ0) is 46.2. The van der Waals surface area contributed by atoms with Crippen molar-refractivity contribution in [1.29, 1.82) is 0 Å². The minimum absolute atomic E-state index is 0.00722. The third-order valence-corrected chi connectivity index (χ3v) is 11.4. The van der Waals surface area contributed by atoms with Crippen molar-refractivity contribution in [1.82, 2.24) is 19.5 Å². The van der Waals surface area contributed by atoms with E-state index < -0.39 is 0 Å². The Kier molecular flexibility index (Phi) is 7.05. The summed E-state index contributed by atoms with van der Waals surface area (Å²) in [6.45, 7) is 0. The van der Waals surface area contributed by atoms with Gasteiger partial charge < -0.3 is 8.98 Å². The number of hydrogen-bond donors (Lipinski definition) is 0. The van der Waals surface area contributed by atoms with Crippen LogP contribution in [0.2, 0.25) is 0 Å². The highest BCUT2D eigenvalue weighted by Crippen LogP contribution is 2.43. The van der Waals surface area contributed by atoms with E-state index >= 15 is 0 Å². The molecule has 0 aliphatic carbocycles. The normalized spacial score (nSPS) is 12.9. The monoisotopic (exact) mass is 798 g/mol. The van der Waals surface area contributed by atoms with Crippen molar-refractivity contribution in [2.45, 2.75) is 0 Å². The maximum Gasteiger partial charge on any atom is 0.164 e. The van der Waals surface area contributed by atoms with Gasteiger partial charge in [0.25, 0.3) is 0 Å². The average Bonchev–Trinajstić information content (AvgIpc) is 3.95. The average molecular weight is 799 g/mol. The topological polar surface area (TPSA) is 56.7 Å². The molecule has 0 saturated heterocycles. The van der Waals surface area contributed by atoms with Crippen LogP contribution < -0.4 is 0 Å². The summed E-state index contributed by atoms with van der Waals surface area (Å²) < 4.78 is 63.4. The Bertz CT molecular complexity index is 3820. The van der Waals surface area contributed by atoms with E-state index in [2.05, 4.69) is 65.2 Å². The third-order valence-electron chi connectivity index (χ3n) is 11.4. The SMILES string of the molecule is [2H]c1cc([2H])c2oc3c(-c4cc(-c5nc(-c6ccccc6)nc(-c6ccccc6)n5)ccc4-n4c5cc(-c6ccccc6)ccc5c5ccc(-c6ccccc6)cc54)c([2H])c([2H])c([2H])c3c2c1[2H]. The molecule has 0 aliphatic rings. The Labute approximate surface area is 366 Å². The van der Waals surface area contributed by atoms with Gasteiger partial charge in [0, 0.05) is 49.4 Å². The van der Waals surface area contributed by atoms with E-state index in [1.807, 2.05) is 115 Å². The second kappa shape index (κ2) is 14.7. The van der Waals surface area contributed by atoms with Crippen molar-refractivity contribution in [3.8, 4) is 73.2 Å². The molecule has 0 N–H and O–H groups in total. The smallest absolute Gasteiger partial charge is 0.164 e. The molecule has 0 bridgehead atoms. The fourth-order valence-electron chi connectivity index (χ4n) is 8.47. The molecule has 0 aliphatic heterocycles. The van der Waals surface area contributed by atoms with E-state index in [-0.39, 0.29) is 63.8 Å². The number of benzene rings is 9. The van der Waals surface area contributed by atoms with Gasteiger partial charge in [-0.15, -0.1) is 0 Å². The molecule has 0 spiro atoms. The molecule has 3 aromatic heterocycles. The summed E-state index contributed by atoms with van der Waals surface area (Å²) in [6.07, 6.45) is 0. The molecule has 0 saturated carbocycles. The van der Waals surface area contributed by atoms with Crippen LogP contribution in [-0.2, 0) is 0 Å². The van der Waals surface area contributed by atoms with Gasteiger partial charge in [0.05, 0.1) is 24.9 Å². The van der Waals surface area contributed by atoms with Gasteiger partial charge in [-0.25, -0.2) is 15.0 Å². The molecule has 290 valence electrons. The number of para-hydroxylation sites is 2. The summed E-state index contributed by atoms with van der Waals surface area (Å²) in [4.78, 5) is 15.1. The van der Waals surface area contributed by atoms with Crippen molar-refractivity contribution in [3.63, 3.8) is 0 Å². The van der Waals surface area contributed by atoms with Crippen LogP contribution in [0.1, 0.15) is 8.22 Å². The maximum atomic E-state index is 9.74. The summed E-state index contributed by atoms with van der Waals surface area (Å²) in [5.41, 5.74) is 9.39. The predicted octanol–water partition coefficient (Wildman–Crippen LogP) is 14.9. The van der Waals surface area contributed by atoms with Gasteiger partial charge in [-0.3, -0.25) is 0 Å². The first-order valence-electron chi connectivity index (χ1n) is 23.4. The number of rotatable bonds is 7. The van der Waals surface area contributed by atoms with Crippen LogP contribution in [0, 0.1) is 0 Å². The molecular weight excluding hydrogens is 757 g/mol. The van der Waals surface area contributed by atoms with Crippen LogP contribution in [0.5, 0.6) is 0 Å². The van der Waals surface area contributed by atoms with Crippen LogP contribution in [-0.4, -0.2) is 19.5 Å². The van der Waals surface area contributed by atoms with Crippen molar-refractivity contribution in [2.24, 2.45) is 0 Å². The molecule has 0 fully saturated rings. The second-order valence-corrected chi connectivity index (χ2v) is 15.1. The predicted molar refractivity (Wildman–Crippen MR) is 254 cm³/mol. The molecule has 0 atom stereocenters. The van der Waals surface area contributed by atoms with Gasteiger partial charge in [-0.2, -0.15) is 0 Å². The van der Waals surface area contributed by atoms with Crippen LogP contribution in [0.3, 0.4) is 0 Å². The molecule has 12 aromatic rings. The van der Waals surface area contributed by atoms with Gasteiger partial charge in [0.1, 0.15) is 11.2 Å².